The first kappa shape index (κ1) is 13.2. The third kappa shape index (κ3) is 2.30. The summed E-state index contributed by atoms with van der Waals surface area (Å²) < 4.78 is 2.18. The molecule has 0 atom stereocenters. The summed E-state index contributed by atoms with van der Waals surface area (Å²) in [6.45, 7) is 0.183. The SMILES string of the molecule is OCCCc1cc2c(Cl)nccc2n1-c1ccccc1. The van der Waals surface area contributed by atoms with E-state index in [4.69, 9.17) is 16.7 Å². The van der Waals surface area contributed by atoms with E-state index >= 15 is 0 Å². The molecule has 102 valence electrons. The van der Waals surface area contributed by atoms with E-state index < -0.39 is 0 Å². The van der Waals surface area contributed by atoms with Crippen molar-refractivity contribution >= 4 is 22.5 Å². The number of aryl methyl sites for hydroxylation is 1. The average Bonchev–Trinajstić information content (AvgIpc) is 2.86. The van der Waals surface area contributed by atoms with Gasteiger partial charge in [0, 0.05) is 29.6 Å². The lowest BCUT2D eigenvalue weighted by atomic mass is 10.2. The van der Waals surface area contributed by atoms with Crippen molar-refractivity contribution in [2.24, 2.45) is 0 Å². The fourth-order valence-corrected chi connectivity index (χ4v) is 2.69. The van der Waals surface area contributed by atoms with Crippen LogP contribution in [-0.2, 0) is 6.42 Å². The number of aliphatic hydroxyl groups excluding tert-OH is 1. The van der Waals surface area contributed by atoms with Crippen molar-refractivity contribution in [2.75, 3.05) is 6.61 Å². The van der Waals surface area contributed by atoms with Crippen LogP contribution in [0.25, 0.3) is 16.6 Å². The Morgan fingerprint density at radius 3 is 2.70 bits per heavy atom. The maximum absolute atomic E-state index is 9.07. The highest BCUT2D eigenvalue weighted by Crippen LogP contribution is 2.28. The number of halogens is 1. The van der Waals surface area contributed by atoms with E-state index in [1.54, 1.807) is 6.20 Å². The summed E-state index contributed by atoms with van der Waals surface area (Å²) in [4.78, 5) is 4.14. The summed E-state index contributed by atoms with van der Waals surface area (Å²) in [6.07, 6.45) is 3.25. The highest BCUT2D eigenvalue weighted by Gasteiger charge is 2.12. The zero-order valence-electron chi connectivity index (χ0n) is 11.0. The highest BCUT2D eigenvalue weighted by atomic mass is 35.5. The van der Waals surface area contributed by atoms with E-state index in [0.717, 1.165) is 35.1 Å². The summed E-state index contributed by atoms with van der Waals surface area (Å²) in [7, 11) is 0. The smallest absolute Gasteiger partial charge is 0.138 e. The van der Waals surface area contributed by atoms with E-state index in [1.807, 2.05) is 24.3 Å². The maximum atomic E-state index is 9.07. The number of fused-ring (bicyclic) bond motifs is 1. The van der Waals surface area contributed by atoms with Gasteiger partial charge in [0.25, 0.3) is 0 Å². The molecular formula is C16H15ClN2O. The van der Waals surface area contributed by atoms with Crippen molar-refractivity contribution < 1.29 is 5.11 Å². The van der Waals surface area contributed by atoms with Gasteiger partial charge in [-0.2, -0.15) is 0 Å². The summed E-state index contributed by atoms with van der Waals surface area (Å²) in [5.41, 5.74) is 3.27. The number of benzene rings is 1. The number of nitrogens with zero attached hydrogens (tertiary/aromatic N) is 2. The third-order valence-corrected chi connectivity index (χ3v) is 3.66. The van der Waals surface area contributed by atoms with Crippen LogP contribution in [0.15, 0.2) is 48.7 Å². The average molecular weight is 287 g/mol. The van der Waals surface area contributed by atoms with Crippen LogP contribution in [0.5, 0.6) is 0 Å². The first-order valence-electron chi connectivity index (χ1n) is 6.62. The second kappa shape index (κ2) is 5.65. The fraction of sp³-hybridized carbons (Fsp3) is 0.188. The fourth-order valence-electron chi connectivity index (χ4n) is 2.48. The zero-order chi connectivity index (χ0) is 13.9. The quantitative estimate of drug-likeness (QED) is 0.744. The van der Waals surface area contributed by atoms with Crippen molar-refractivity contribution in [3.8, 4) is 5.69 Å². The number of aromatic nitrogens is 2. The molecule has 4 heteroatoms. The van der Waals surface area contributed by atoms with Gasteiger partial charge in [-0.1, -0.05) is 29.8 Å². The number of rotatable bonds is 4. The highest BCUT2D eigenvalue weighted by molar-refractivity contribution is 6.34. The largest absolute Gasteiger partial charge is 0.396 e. The van der Waals surface area contributed by atoms with E-state index in [-0.39, 0.29) is 6.61 Å². The predicted molar refractivity (Wildman–Crippen MR) is 81.5 cm³/mol. The Labute approximate surface area is 122 Å². The van der Waals surface area contributed by atoms with Gasteiger partial charge in [-0.3, -0.25) is 0 Å². The second-order valence-electron chi connectivity index (χ2n) is 4.67. The number of aliphatic hydroxyl groups is 1. The molecule has 0 unspecified atom stereocenters. The van der Waals surface area contributed by atoms with Crippen molar-refractivity contribution in [1.29, 1.82) is 0 Å². The molecule has 1 N–H and O–H groups in total. The van der Waals surface area contributed by atoms with Crippen molar-refractivity contribution in [2.45, 2.75) is 12.8 Å². The molecular weight excluding hydrogens is 272 g/mol. The van der Waals surface area contributed by atoms with Gasteiger partial charge < -0.3 is 9.67 Å². The first-order chi connectivity index (χ1) is 9.81. The normalized spacial score (nSPS) is 11.1. The molecule has 3 aromatic rings. The molecule has 0 aliphatic carbocycles. The Morgan fingerprint density at radius 2 is 1.95 bits per heavy atom. The molecule has 3 nitrogen and oxygen atoms in total. The number of hydrogen-bond donors (Lipinski definition) is 1. The first-order valence-corrected chi connectivity index (χ1v) is 7.00. The van der Waals surface area contributed by atoms with Crippen LogP contribution >= 0.6 is 11.6 Å². The maximum Gasteiger partial charge on any atom is 0.138 e. The van der Waals surface area contributed by atoms with Crippen LogP contribution in [-0.4, -0.2) is 21.3 Å². The van der Waals surface area contributed by atoms with Crippen LogP contribution in [0.4, 0.5) is 0 Å². The minimum absolute atomic E-state index is 0.183. The van der Waals surface area contributed by atoms with Gasteiger partial charge in [0.2, 0.25) is 0 Å². The molecule has 0 radical (unpaired) electrons. The van der Waals surface area contributed by atoms with Crippen LogP contribution in [0.2, 0.25) is 5.15 Å². The summed E-state index contributed by atoms with van der Waals surface area (Å²) in [5.74, 6) is 0. The van der Waals surface area contributed by atoms with E-state index in [1.165, 1.54) is 0 Å². The molecule has 0 fully saturated rings. The lowest BCUT2D eigenvalue weighted by molar-refractivity contribution is 0.288. The van der Waals surface area contributed by atoms with Crippen LogP contribution in [0.3, 0.4) is 0 Å². The van der Waals surface area contributed by atoms with Crippen molar-refractivity contribution in [3.05, 3.63) is 59.5 Å². The molecule has 2 heterocycles. The number of hydrogen-bond acceptors (Lipinski definition) is 2. The summed E-state index contributed by atoms with van der Waals surface area (Å²) in [5, 5.41) is 10.5. The topological polar surface area (TPSA) is 38.1 Å². The minimum atomic E-state index is 0.183. The van der Waals surface area contributed by atoms with Gasteiger partial charge >= 0.3 is 0 Å². The Hall–Kier alpha value is -1.84. The molecule has 0 aliphatic heterocycles. The van der Waals surface area contributed by atoms with Gasteiger partial charge in [-0.15, -0.1) is 0 Å². The monoisotopic (exact) mass is 286 g/mol. The Balaban J connectivity index is 2.23. The predicted octanol–water partition coefficient (Wildman–Crippen LogP) is 3.60. The van der Waals surface area contributed by atoms with Crippen molar-refractivity contribution in [1.82, 2.24) is 9.55 Å². The molecule has 0 saturated heterocycles. The van der Waals surface area contributed by atoms with Crippen molar-refractivity contribution in [3.63, 3.8) is 0 Å². The molecule has 0 spiro atoms. The molecule has 0 aliphatic rings. The zero-order valence-corrected chi connectivity index (χ0v) is 11.7. The molecule has 20 heavy (non-hydrogen) atoms. The Kier molecular flexibility index (Phi) is 3.72. The Morgan fingerprint density at radius 1 is 1.15 bits per heavy atom. The molecule has 2 aromatic heterocycles. The lowest BCUT2D eigenvalue weighted by Gasteiger charge is -2.10. The molecule has 1 aromatic carbocycles. The van der Waals surface area contributed by atoms with Crippen LogP contribution < -0.4 is 0 Å². The van der Waals surface area contributed by atoms with Gasteiger partial charge in [0.1, 0.15) is 5.15 Å². The molecule has 3 rings (SSSR count). The molecule has 0 bridgehead atoms. The van der Waals surface area contributed by atoms with Gasteiger partial charge in [-0.05, 0) is 37.1 Å². The summed E-state index contributed by atoms with van der Waals surface area (Å²) >= 11 is 6.19. The van der Waals surface area contributed by atoms with Crippen LogP contribution in [0, 0.1) is 0 Å². The lowest BCUT2D eigenvalue weighted by Crippen LogP contribution is -2.01. The molecule has 0 saturated carbocycles. The summed E-state index contributed by atoms with van der Waals surface area (Å²) in [6, 6.07) is 14.2. The van der Waals surface area contributed by atoms with E-state index in [0.29, 0.717) is 5.15 Å². The number of pyridine rings is 1. The Bertz CT molecular complexity index is 722. The minimum Gasteiger partial charge on any atom is -0.396 e. The number of para-hydroxylation sites is 1. The van der Waals surface area contributed by atoms with E-state index in [2.05, 4.69) is 27.8 Å². The third-order valence-electron chi connectivity index (χ3n) is 3.36. The van der Waals surface area contributed by atoms with Gasteiger partial charge in [0.15, 0.2) is 0 Å². The standard InChI is InChI=1S/C16H15ClN2O/c17-16-14-11-13(7-4-10-20)19(15(14)8-9-18-16)12-5-2-1-3-6-12/h1-3,5-6,8-9,11,20H,4,7,10H2. The van der Waals surface area contributed by atoms with Crippen LogP contribution in [0.1, 0.15) is 12.1 Å². The van der Waals surface area contributed by atoms with E-state index in [9.17, 15) is 0 Å². The second-order valence-corrected chi connectivity index (χ2v) is 5.03. The van der Waals surface area contributed by atoms with Gasteiger partial charge in [0.05, 0.1) is 5.52 Å². The van der Waals surface area contributed by atoms with Gasteiger partial charge in [-0.25, -0.2) is 4.98 Å². The molecule has 0 amide bonds.